The minimum absolute atomic E-state index is 0.129. The van der Waals surface area contributed by atoms with Gasteiger partial charge in [-0.1, -0.05) is 6.07 Å². The number of rotatable bonds is 10. The Balaban J connectivity index is 1.29. The second-order valence-electron chi connectivity index (χ2n) is 7.34. The normalized spacial score (nSPS) is 10.7. The number of benzene rings is 2. The molecule has 0 saturated carbocycles. The van der Waals surface area contributed by atoms with Gasteiger partial charge < -0.3 is 24.3 Å². The van der Waals surface area contributed by atoms with Crippen molar-refractivity contribution in [2.24, 2.45) is 0 Å². The lowest BCUT2D eigenvalue weighted by molar-refractivity contribution is -0.123. The van der Waals surface area contributed by atoms with Crippen molar-refractivity contribution in [3.63, 3.8) is 0 Å². The number of carbonyl (C=O) groups excluding carboxylic acids is 1. The summed E-state index contributed by atoms with van der Waals surface area (Å²) >= 11 is 0. The van der Waals surface area contributed by atoms with E-state index >= 15 is 0 Å². The fourth-order valence-electron chi connectivity index (χ4n) is 3.20. The number of aromatic nitrogens is 4. The fourth-order valence-corrected chi connectivity index (χ4v) is 3.20. The molecule has 10 nitrogen and oxygen atoms in total. The highest BCUT2D eigenvalue weighted by Crippen LogP contribution is 2.27. The van der Waals surface area contributed by atoms with E-state index in [9.17, 15) is 4.79 Å². The minimum atomic E-state index is -0.268. The summed E-state index contributed by atoms with van der Waals surface area (Å²) < 4.78 is 23.3. The number of ether oxygens (including phenoxy) is 4. The molecule has 0 fully saturated rings. The van der Waals surface area contributed by atoms with Gasteiger partial charge in [0.2, 0.25) is 5.88 Å². The molecule has 0 aliphatic rings. The highest BCUT2D eigenvalue weighted by molar-refractivity contribution is 5.77. The van der Waals surface area contributed by atoms with Crippen molar-refractivity contribution in [3.05, 3.63) is 60.2 Å². The number of nitrogens with one attached hydrogen (secondary N) is 1. The van der Waals surface area contributed by atoms with Gasteiger partial charge in [0.15, 0.2) is 29.6 Å². The molecule has 0 aliphatic heterocycles. The zero-order chi connectivity index (χ0) is 23.9. The lowest BCUT2D eigenvalue weighted by Crippen LogP contribution is -2.32. The van der Waals surface area contributed by atoms with Gasteiger partial charge in [-0.2, -0.15) is 4.52 Å². The number of aryl methyl sites for hydroxylation is 1. The third-order valence-electron chi connectivity index (χ3n) is 4.94. The summed E-state index contributed by atoms with van der Waals surface area (Å²) in [5, 5.41) is 15.6. The highest BCUT2D eigenvalue weighted by atomic mass is 16.5. The lowest BCUT2D eigenvalue weighted by atomic mass is 10.2. The van der Waals surface area contributed by atoms with E-state index in [0.29, 0.717) is 35.4 Å². The van der Waals surface area contributed by atoms with Crippen LogP contribution in [0, 0.1) is 6.92 Å². The Morgan fingerprint density at radius 2 is 1.76 bits per heavy atom. The van der Waals surface area contributed by atoms with Crippen molar-refractivity contribution in [3.8, 4) is 34.5 Å². The molecule has 176 valence electrons. The van der Waals surface area contributed by atoms with Gasteiger partial charge in [-0.05, 0) is 55.0 Å². The van der Waals surface area contributed by atoms with E-state index in [2.05, 4.69) is 20.6 Å². The maximum absolute atomic E-state index is 12.1. The summed E-state index contributed by atoms with van der Waals surface area (Å²) in [6.07, 6.45) is 0. The van der Waals surface area contributed by atoms with Crippen LogP contribution in [0.15, 0.2) is 54.6 Å². The smallest absolute Gasteiger partial charge is 0.258 e. The summed E-state index contributed by atoms with van der Waals surface area (Å²) in [4.78, 5) is 12.1. The maximum Gasteiger partial charge on any atom is 0.258 e. The van der Waals surface area contributed by atoms with Crippen LogP contribution in [-0.4, -0.2) is 59.7 Å². The van der Waals surface area contributed by atoms with Crippen molar-refractivity contribution in [2.45, 2.75) is 6.92 Å². The summed E-state index contributed by atoms with van der Waals surface area (Å²) in [5.74, 6) is 2.55. The first-order valence-electron chi connectivity index (χ1n) is 10.6. The van der Waals surface area contributed by atoms with Crippen molar-refractivity contribution >= 4 is 11.6 Å². The predicted molar refractivity (Wildman–Crippen MR) is 125 cm³/mol. The molecule has 2 aromatic heterocycles. The molecule has 0 unspecified atom stereocenters. The van der Waals surface area contributed by atoms with Gasteiger partial charge in [-0.25, -0.2) is 0 Å². The van der Waals surface area contributed by atoms with Gasteiger partial charge >= 0.3 is 0 Å². The van der Waals surface area contributed by atoms with Crippen LogP contribution in [0.3, 0.4) is 0 Å². The molecule has 0 bridgehead atoms. The van der Waals surface area contributed by atoms with E-state index in [4.69, 9.17) is 18.9 Å². The van der Waals surface area contributed by atoms with Gasteiger partial charge in [0.05, 0.1) is 20.8 Å². The quantitative estimate of drug-likeness (QED) is 0.358. The Hall–Kier alpha value is -4.34. The van der Waals surface area contributed by atoms with Crippen LogP contribution in [0.5, 0.6) is 23.1 Å². The zero-order valence-electron chi connectivity index (χ0n) is 19.1. The topological polar surface area (TPSA) is 109 Å². The zero-order valence-corrected chi connectivity index (χ0v) is 19.1. The van der Waals surface area contributed by atoms with Crippen molar-refractivity contribution in [1.29, 1.82) is 0 Å². The third-order valence-corrected chi connectivity index (χ3v) is 4.94. The molecule has 2 aromatic carbocycles. The van der Waals surface area contributed by atoms with Crippen molar-refractivity contribution in [1.82, 2.24) is 25.1 Å². The second kappa shape index (κ2) is 10.5. The van der Waals surface area contributed by atoms with Crippen LogP contribution >= 0.6 is 0 Å². The molecule has 10 heteroatoms. The first-order valence-corrected chi connectivity index (χ1v) is 10.6. The maximum atomic E-state index is 12.1. The molecule has 0 aliphatic carbocycles. The Labute approximate surface area is 196 Å². The molecule has 34 heavy (non-hydrogen) atoms. The minimum Gasteiger partial charge on any atom is -0.497 e. The predicted octanol–water partition coefficient (Wildman–Crippen LogP) is 2.69. The number of hydrogen-bond acceptors (Lipinski definition) is 8. The summed E-state index contributed by atoms with van der Waals surface area (Å²) in [7, 11) is 3.17. The molecule has 0 radical (unpaired) electrons. The first kappa shape index (κ1) is 22.8. The van der Waals surface area contributed by atoms with Crippen LogP contribution in [0.1, 0.15) is 5.56 Å². The monoisotopic (exact) mass is 463 g/mol. The van der Waals surface area contributed by atoms with Crippen LogP contribution in [0.25, 0.3) is 17.0 Å². The molecule has 4 aromatic rings. The van der Waals surface area contributed by atoms with Gasteiger partial charge in [-0.3, -0.25) is 4.79 Å². The molecular formula is C24H25N5O5. The molecular weight excluding hydrogens is 438 g/mol. The average Bonchev–Trinajstić information content (AvgIpc) is 3.29. The Kier molecular flexibility index (Phi) is 7.07. The van der Waals surface area contributed by atoms with E-state index in [0.717, 1.165) is 16.9 Å². The lowest BCUT2D eigenvalue weighted by Gasteiger charge is -2.11. The van der Waals surface area contributed by atoms with E-state index in [1.807, 2.05) is 43.3 Å². The molecule has 4 rings (SSSR count). The van der Waals surface area contributed by atoms with E-state index in [-0.39, 0.29) is 19.1 Å². The van der Waals surface area contributed by atoms with Crippen LogP contribution in [0.2, 0.25) is 0 Å². The van der Waals surface area contributed by atoms with Crippen LogP contribution in [-0.2, 0) is 4.79 Å². The van der Waals surface area contributed by atoms with Crippen molar-refractivity contribution < 1.29 is 23.7 Å². The molecule has 2 heterocycles. The SMILES string of the molecule is COc1ccc(-c2nnc3ccc(OCCNC(=O)COc4ccc(C)cc4OC)nn23)cc1. The second-order valence-corrected chi connectivity index (χ2v) is 7.34. The number of amides is 1. The van der Waals surface area contributed by atoms with Gasteiger partial charge in [-0.15, -0.1) is 15.3 Å². The largest absolute Gasteiger partial charge is 0.497 e. The Bertz CT molecular complexity index is 1270. The summed E-state index contributed by atoms with van der Waals surface area (Å²) in [6, 6.07) is 16.4. The van der Waals surface area contributed by atoms with E-state index in [1.165, 1.54) is 0 Å². The summed E-state index contributed by atoms with van der Waals surface area (Å²) in [6.45, 7) is 2.35. The number of fused-ring (bicyclic) bond motifs is 1. The Morgan fingerprint density at radius 3 is 2.53 bits per heavy atom. The van der Waals surface area contributed by atoms with Crippen LogP contribution in [0.4, 0.5) is 0 Å². The molecule has 1 N–H and O–H groups in total. The van der Waals surface area contributed by atoms with Crippen molar-refractivity contribution in [2.75, 3.05) is 34.0 Å². The highest BCUT2D eigenvalue weighted by Gasteiger charge is 2.11. The number of nitrogens with zero attached hydrogens (tertiary/aromatic N) is 4. The number of hydrogen-bond donors (Lipinski definition) is 1. The van der Waals surface area contributed by atoms with Gasteiger partial charge in [0.25, 0.3) is 5.91 Å². The average molecular weight is 463 g/mol. The van der Waals surface area contributed by atoms with E-state index in [1.54, 1.807) is 36.9 Å². The molecule has 0 spiro atoms. The van der Waals surface area contributed by atoms with Crippen LogP contribution < -0.4 is 24.3 Å². The fraction of sp³-hybridized carbons (Fsp3) is 0.250. The first-order chi connectivity index (χ1) is 16.6. The molecule has 1 amide bonds. The number of carbonyl (C=O) groups is 1. The third kappa shape index (κ3) is 5.34. The molecule has 0 saturated heterocycles. The van der Waals surface area contributed by atoms with E-state index < -0.39 is 0 Å². The number of methoxy groups -OCH3 is 2. The van der Waals surface area contributed by atoms with Gasteiger partial charge in [0, 0.05) is 11.6 Å². The van der Waals surface area contributed by atoms with Gasteiger partial charge in [0.1, 0.15) is 12.4 Å². The Morgan fingerprint density at radius 1 is 0.941 bits per heavy atom. The summed E-state index contributed by atoms with van der Waals surface area (Å²) in [5.41, 5.74) is 2.48. The standard InChI is InChI=1S/C24H25N5O5/c1-16-4-9-19(20(14-16)32-3)34-15-22(30)25-12-13-33-23-11-10-21-26-27-24(29(21)28-23)17-5-7-18(31-2)8-6-17/h4-11,14H,12-13,15H2,1-3H3,(H,25,30). The molecule has 0 atom stereocenters.